The quantitative estimate of drug-likeness (QED) is 0.512. The Morgan fingerprint density at radius 3 is 2.68 bits per heavy atom. The van der Waals surface area contributed by atoms with Gasteiger partial charge in [0.25, 0.3) is 5.91 Å². The number of carbonyl (C=O) groups excluding carboxylic acids is 3. The molecule has 3 amide bonds. The predicted molar refractivity (Wildman–Crippen MR) is 152 cm³/mol. The van der Waals surface area contributed by atoms with Crippen LogP contribution < -0.4 is 14.8 Å². The van der Waals surface area contributed by atoms with Gasteiger partial charge in [0.05, 0.1) is 29.9 Å². The summed E-state index contributed by atoms with van der Waals surface area (Å²) in [6.07, 6.45) is 4.83. The molecule has 2 aliphatic heterocycles. The number of benzene rings is 1. The number of likely N-dealkylation sites (N-methyl/N-ethyl adjacent to an activating group) is 1. The Labute approximate surface area is 240 Å². The van der Waals surface area contributed by atoms with Crippen molar-refractivity contribution in [1.29, 1.82) is 0 Å². The number of pyridine rings is 1. The van der Waals surface area contributed by atoms with E-state index in [0.717, 1.165) is 11.1 Å². The monoisotopic (exact) mass is 584 g/mol. The number of carbonyl (C=O) groups is 3. The Bertz CT molecular complexity index is 1410. The van der Waals surface area contributed by atoms with Gasteiger partial charge in [-0.3, -0.25) is 19.4 Å². The molecule has 2 N–H and O–H groups in total. The van der Waals surface area contributed by atoms with E-state index in [1.54, 1.807) is 42.2 Å². The summed E-state index contributed by atoms with van der Waals surface area (Å²) in [7, 11) is 0.0754. The number of fused-ring (bicyclic) bond motifs is 6. The fraction of sp³-hybridized carbons (Fsp3) is 0.500. The van der Waals surface area contributed by atoms with Crippen LogP contribution in [0.25, 0.3) is 11.1 Å². The Kier molecular flexibility index (Phi) is 8.57. The van der Waals surface area contributed by atoms with Crippen molar-refractivity contribution in [2.75, 3.05) is 53.4 Å². The highest BCUT2D eigenvalue weighted by atomic mass is 32.2. The van der Waals surface area contributed by atoms with Gasteiger partial charge >= 0.3 is 0 Å². The molecule has 2 atom stereocenters. The average Bonchev–Trinajstić information content (AvgIpc) is 3.73. The predicted octanol–water partition coefficient (Wildman–Crippen LogP) is 0.312. The molecule has 4 bridgehead atoms. The zero-order valence-corrected chi connectivity index (χ0v) is 24.1. The lowest BCUT2D eigenvalue weighted by Gasteiger charge is -2.29. The highest BCUT2D eigenvalue weighted by Gasteiger charge is 2.42. The SMILES string of the molecule is CN(C)CC(=O)N1CCNC(=O)c2cncc(c2)-c2cccc(c2)OC[C@@H]2C[C@@H](NS(=O)(=O)C3CC3)CN2C(=O)C1. The highest BCUT2D eigenvalue weighted by molar-refractivity contribution is 7.90. The number of nitrogens with zero attached hydrogens (tertiary/aromatic N) is 4. The van der Waals surface area contributed by atoms with E-state index >= 15 is 0 Å². The van der Waals surface area contributed by atoms with Crippen LogP contribution in [0.3, 0.4) is 0 Å². The van der Waals surface area contributed by atoms with Gasteiger partial charge in [0.15, 0.2) is 0 Å². The van der Waals surface area contributed by atoms with Gasteiger partial charge in [-0.1, -0.05) is 12.1 Å². The Morgan fingerprint density at radius 1 is 1.15 bits per heavy atom. The minimum absolute atomic E-state index is 0.0964. The number of hydrogen-bond acceptors (Lipinski definition) is 8. The molecule has 41 heavy (non-hydrogen) atoms. The zero-order valence-electron chi connectivity index (χ0n) is 23.3. The van der Waals surface area contributed by atoms with Gasteiger partial charge in [0.2, 0.25) is 21.8 Å². The fourth-order valence-corrected chi connectivity index (χ4v) is 6.76. The molecule has 1 saturated heterocycles. The van der Waals surface area contributed by atoms with Crippen molar-refractivity contribution in [3.05, 3.63) is 48.3 Å². The lowest BCUT2D eigenvalue weighted by atomic mass is 10.1. The minimum atomic E-state index is -3.45. The maximum atomic E-state index is 13.7. The summed E-state index contributed by atoms with van der Waals surface area (Å²) in [5.74, 6) is -0.334. The first-order valence-corrected chi connectivity index (χ1v) is 15.3. The van der Waals surface area contributed by atoms with Gasteiger partial charge in [-0.15, -0.1) is 0 Å². The second-order valence-corrected chi connectivity index (χ2v) is 13.1. The van der Waals surface area contributed by atoms with Crippen LogP contribution in [0.5, 0.6) is 5.75 Å². The third-order valence-electron chi connectivity index (χ3n) is 7.44. The summed E-state index contributed by atoms with van der Waals surface area (Å²) >= 11 is 0. The molecule has 1 aliphatic carbocycles. The van der Waals surface area contributed by atoms with Crippen molar-refractivity contribution in [3.63, 3.8) is 0 Å². The van der Waals surface area contributed by atoms with Crippen LogP contribution in [-0.2, 0) is 19.6 Å². The van der Waals surface area contributed by atoms with Crippen molar-refractivity contribution in [3.8, 4) is 16.9 Å². The van der Waals surface area contributed by atoms with Crippen molar-refractivity contribution >= 4 is 27.7 Å². The minimum Gasteiger partial charge on any atom is -0.491 e. The molecule has 0 unspecified atom stereocenters. The first-order valence-electron chi connectivity index (χ1n) is 13.8. The molecule has 0 spiro atoms. The molecular weight excluding hydrogens is 548 g/mol. The lowest BCUT2D eigenvalue weighted by molar-refractivity contribution is -0.141. The van der Waals surface area contributed by atoms with Crippen LogP contribution in [0, 0.1) is 0 Å². The first-order chi connectivity index (χ1) is 19.6. The maximum absolute atomic E-state index is 13.7. The van der Waals surface area contributed by atoms with Crippen LogP contribution in [-0.4, -0.2) is 117 Å². The summed E-state index contributed by atoms with van der Waals surface area (Å²) in [6, 6.07) is 8.27. The van der Waals surface area contributed by atoms with Crippen molar-refractivity contribution in [1.82, 2.24) is 29.7 Å². The maximum Gasteiger partial charge on any atom is 0.252 e. The summed E-state index contributed by atoms with van der Waals surface area (Å²) in [4.78, 5) is 48.6. The van der Waals surface area contributed by atoms with E-state index < -0.39 is 22.1 Å². The van der Waals surface area contributed by atoms with Crippen LogP contribution in [0.2, 0.25) is 0 Å². The molecule has 220 valence electrons. The van der Waals surface area contributed by atoms with Crippen LogP contribution in [0.1, 0.15) is 29.6 Å². The number of ether oxygens (including phenoxy) is 1. The normalized spacial score (nSPS) is 22.1. The van der Waals surface area contributed by atoms with Gasteiger partial charge in [0, 0.05) is 43.6 Å². The topological polar surface area (TPSA) is 141 Å². The third kappa shape index (κ3) is 7.21. The second-order valence-electron chi connectivity index (χ2n) is 11.1. The van der Waals surface area contributed by atoms with E-state index in [2.05, 4.69) is 15.0 Å². The molecule has 13 heteroatoms. The smallest absolute Gasteiger partial charge is 0.252 e. The molecule has 3 heterocycles. The summed E-state index contributed by atoms with van der Waals surface area (Å²) in [5.41, 5.74) is 1.92. The number of aromatic nitrogens is 1. The largest absolute Gasteiger partial charge is 0.491 e. The molecule has 0 radical (unpaired) electrons. The van der Waals surface area contributed by atoms with E-state index in [0.29, 0.717) is 30.6 Å². The van der Waals surface area contributed by atoms with E-state index in [-0.39, 0.29) is 62.3 Å². The zero-order chi connectivity index (χ0) is 29.1. The van der Waals surface area contributed by atoms with Crippen molar-refractivity contribution < 1.29 is 27.5 Å². The summed E-state index contributed by atoms with van der Waals surface area (Å²) in [5, 5.41) is 2.46. The van der Waals surface area contributed by atoms with Gasteiger partial charge < -0.3 is 24.8 Å². The first kappa shape index (κ1) is 29.0. The van der Waals surface area contributed by atoms with Crippen LogP contribution >= 0.6 is 0 Å². The second kappa shape index (κ2) is 12.1. The summed E-state index contributed by atoms with van der Waals surface area (Å²) < 4.78 is 34.2. The molecule has 1 aromatic heterocycles. The molecule has 5 rings (SSSR count). The van der Waals surface area contributed by atoms with Gasteiger partial charge in [-0.2, -0.15) is 0 Å². The fourth-order valence-electron chi connectivity index (χ4n) is 5.18. The van der Waals surface area contributed by atoms with E-state index in [1.807, 2.05) is 18.2 Å². The van der Waals surface area contributed by atoms with Gasteiger partial charge in [0.1, 0.15) is 12.4 Å². The van der Waals surface area contributed by atoms with E-state index in [9.17, 15) is 22.8 Å². The summed E-state index contributed by atoms with van der Waals surface area (Å²) in [6.45, 7) is 0.503. The van der Waals surface area contributed by atoms with Crippen molar-refractivity contribution in [2.24, 2.45) is 0 Å². The molecule has 2 aromatic rings. The molecule has 12 nitrogen and oxygen atoms in total. The Hall–Kier alpha value is -3.55. The third-order valence-corrected chi connectivity index (χ3v) is 9.45. The molecular formula is C28H36N6O6S. The molecule has 1 saturated carbocycles. The Balaban J connectivity index is 1.43. The lowest BCUT2D eigenvalue weighted by Crippen LogP contribution is -2.50. The number of hydrogen-bond donors (Lipinski definition) is 2. The molecule has 3 aliphatic rings. The number of nitrogens with one attached hydrogen (secondary N) is 2. The number of rotatable bonds is 5. The molecule has 1 aromatic carbocycles. The standard InChI is InChI=1S/C28H36N6O6S/c1-32(2)16-26(35)33-9-8-30-28(37)21-10-20(13-29-14-21)19-4-3-5-24(11-19)40-18-23-12-22(15-34(23)27(36)17-33)31-41(38,39)25-6-7-25/h3-5,10-11,13-14,22-23,25,31H,6-9,12,15-18H2,1-2H3,(H,30,37)/t22-,23+/m1/s1. The van der Waals surface area contributed by atoms with E-state index in [4.69, 9.17) is 4.74 Å². The number of amides is 3. The van der Waals surface area contributed by atoms with Crippen LogP contribution in [0.15, 0.2) is 42.7 Å². The number of sulfonamides is 1. The molecule has 2 fully saturated rings. The Morgan fingerprint density at radius 2 is 1.93 bits per heavy atom. The van der Waals surface area contributed by atoms with Crippen LogP contribution in [0.4, 0.5) is 0 Å². The van der Waals surface area contributed by atoms with Gasteiger partial charge in [-0.25, -0.2) is 13.1 Å². The van der Waals surface area contributed by atoms with E-state index in [1.165, 1.54) is 11.1 Å². The van der Waals surface area contributed by atoms with Crippen molar-refractivity contribution in [2.45, 2.75) is 36.6 Å². The van der Waals surface area contributed by atoms with Gasteiger partial charge in [-0.05, 0) is 57.1 Å². The highest BCUT2D eigenvalue weighted by Crippen LogP contribution is 2.30. The average molecular weight is 585 g/mol.